The van der Waals surface area contributed by atoms with Gasteiger partial charge in [-0.05, 0) is 71.9 Å². The fourth-order valence-corrected chi connectivity index (χ4v) is 13.4. The second-order valence-electron chi connectivity index (χ2n) is 15.8. The van der Waals surface area contributed by atoms with Crippen LogP contribution in [-0.2, 0) is 22.3 Å². The van der Waals surface area contributed by atoms with Gasteiger partial charge in [0.05, 0.1) is 18.3 Å². The lowest BCUT2D eigenvalue weighted by atomic mass is 9.94. The second kappa shape index (κ2) is 16.0. The van der Waals surface area contributed by atoms with Crippen LogP contribution in [0.2, 0.25) is 5.04 Å². The number of fused-ring (bicyclic) bond motifs is 1. The number of carbonyl (C=O) groups is 1. The number of benzene rings is 3. The summed E-state index contributed by atoms with van der Waals surface area (Å²) in [6, 6.07) is 33.2. The van der Waals surface area contributed by atoms with Gasteiger partial charge in [0, 0.05) is 47.1 Å². The normalized spacial score (nSPS) is 15.8. The van der Waals surface area contributed by atoms with E-state index in [1.165, 1.54) is 0 Å². The predicted molar refractivity (Wildman–Crippen MR) is 216 cm³/mol. The summed E-state index contributed by atoms with van der Waals surface area (Å²) >= 11 is -1.51. The number of hydrogen-bond donors (Lipinski definition) is 1. The minimum Gasteiger partial charge on any atom is -0.597 e. The van der Waals surface area contributed by atoms with Gasteiger partial charge in [-0.3, -0.25) is 9.78 Å². The molecule has 3 heterocycles. The first-order chi connectivity index (χ1) is 26.0. The molecule has 0 bridgehead atoms. The van der Waals surface area contributed by atoms with E-state index in [-0.39, 0.29) is 17.3 Å². The maximum absolute atomic E-state index is 14.4. The number of nitrogens with zero attached hydrogens (tertiary/aromatic N) is 3. The van der Waals surface area contributed by atoms with Crippen LogP contribution in [-0.4, -0.2) is 57.1 Å². The zero-order valence-corrected chi connectivity index (χ0v) is 33.8. The van der Waals surface area contributed by atoms with E-state index < -0.39 is 49.1 Å². The number of nitrogens with one attached hydrogen (secondary N) is 1. The first-order valence-corrected chi connectivity index (χ1v) is 21.3. The fourth-order valence-electron chi connectivity index (χ4n) is 7.42. The second-order valence-corrected chi connectivity index (χ2v) is 22.3. The standard InChI is InChI=1S/C43H47F3N4O3SSi/c1-41(2,3)54(52)50-28-33-26-36(40(51)48-29-43(44,45)46)49-39(31-16-13-15-30(25-31)32-17-14-23-47-27-32)38(33)37(50)22-24-53-55(42(4,5)6,34-18-9-7-10-19-34)35-20-11-8-12-21-35/h7-21,23,25-27,37H,22,24,28-29H2,1-6H3,(H,48,51)/t37-,54?/m1/s1. The molecular weight excluding hydrogens is 738 g/mol. The van der Waals surface area contributed by atoms with Gasteiger partial charge in [-0.25, -0.2) is 4.98 Å². The number of halogens is 3. The Bertz CT molecular complexity index is 2050. The lowest BCUT2D eigenvalue weighted by Crippen LogP contribution is -2.66. The Morgan fingerprint density at radius 3 is 2.05 bits per heavy atom. The minimum absolute atomic E-state index is 0.143. The number of alkyl halides is 3. The zero-order valence-electron chi connectivity index (χ0n) is 32.0. The molecule has 5 aromatic rings. The third-order valence-corrected chi connectivity index (χ3v) is 16.7. The average molecular weight is 785 g/mol. The van der Waals surface area contributed by atoms with Crippen LogP contribution in [0.5, 0.6) is 0 Å². The van der Waals surface area contributed by atoms with Gasteiger partial charge < -0.3 is 14.3 Å². The molecule has 0 saturated carbocycles. The molecule has 2 atom stereocenters. The molecule has 0 aliphatic carbocycles. The number of hydrogen-bond acceptors (Lipinski definition) is 6. The first kappa shape index (κ1) is 40.3. The summed E-state index contributed by atoms with van der Waals surface area (Å²) in [6.07, 6.45) is -0.717. The molecule has 288 valence electrons. The van der Waals surface area contributed by atoms with E-state index in [0.717, 1.165) is 27.1 Å². The van der Waals surface area contributed by atoms with Gasteiger partial charge in [0.2, 0.25) is 0 Å². The van der Waals surface area contributed by atoms with Crippen molar-refractivity contribution < 1.29 is 26.9 Å². The van der Waals surface area contributed by atoms with Crippen molar-refractivity contribution in [2.75, 3.05) is 13.2 Å². The summed E-state index contributed by atoms with van der Waals surface area (Å²) in [6.45, 7) is 11.4. The van der Waals surface area contributed by atoms with Crippen molar-refractivity contribution in [2.24, 2.45) is 0 Å². The maximum Gasteiger partial charge on any atom is 0.405 e. The fraction of sp³-hybridized carbons (Fsp3) is 0.326. The van der Waals surface area contributed by atoms with E-state index in [4.69, 9.17) is 9.41 Å². The highest BCUT2D eigenvalue weighted by molar-refractivity contribution is 7.90. The summed E-state index contributed by atoms with van der Waals surface area (Å²) < 4.78 is 62.6. The minimum atomic E-state index is -4.59. The number of pyridine rings is 2. The van der Waals surface area contributed by atoms with Gasteiger partial charge in [-0.1, -0.05) is 106 Å². The lowest BCUT2D eigenvalue weighted by molar-refractivity contribution is -0.123. The molecule has 2 aromatic heterocycles. The molecule has 1 amide bonds. The maximum atomic E-state index is 14.4. The molecular formula is C43H47F3N4O3SSi. The molecule has 0 radical (unpaired) electrons. The topological polar surface area (TPSA) is 90.4 Å². The van der Waals surface area contributed by atoms with Crippen LogP contribution in [0, 0.1) is 0 Å². The largest absolute Gasteiger partial charge is 0.597 e. The highest BCUT2D eigenvalue weighted by atomic mass is 32.2. The molecule has 1 aliphatic heterocycles. The van der Waals surface area contributed by atoms with Crippen LogP contribution in [0.3, 0.4) is 0 Å². The summed E-state index contributed by atoms with van der Waals surface area (Å²) in [5.41, 5.74) is 4.16. The molecule has 1 N–H and O–H groups in total. The third kappa shape index (κ3) is 8.73. The van der Waals surface area contributed by atoms with Crippen molar-refractivity contribution in [2.45, 2.75) is 76.5 Å². The van der Waals surface area contributed by atoms with Crippen molar-refractivity contribution in [3.05, 3.63) is 132 Å². The Morgan fingerprint density at radius 1 is 0.873 bits per heavy atom. The van der Waals surface area contributed by atoms with Gasteiger partial charge >= 0.3 is 6.18 Å². The smallest absolute Gasteiger partial charge is 0.405 e. The number of carbonyl (C=O) groups excluding carboxylic acids is 1. The van der Waals surface area contributed by atoms with Crippen molar-refractivity contribution in [3.63, 3.8) is 0 Å². The van der Waals surface area contributed by atoms with Crippen LogP contribution in [0.4, 0.5) is 13.2 Å². The lowest BCUT2D eigenvalue weighted by Gasteiger charge is -2.43. The third-order valence-electron chi connectivity index (χ3n) is 9.83. The molecule has 1 unspecified atom stereocenters. The van der Waals surface area contributed by atoms with Crippen LogP contribution in [0.25, 0.3) is 22.4 Å². The van der Waals surface area contributed by atoms with E-state index >= 15 is 0 Å². The van der Waals surface area contributed by atoms with E-state index in [2.05, 4.69) is 50.0 Å². The van der Waals surface area contributed by atoms with Crippen molar-refractivity contribution >= 4 is 36.0 Å². The Morgan fingerprint density at radius 2 is 1.49 bits per heavy atom. The average Bonchev–Trinajstić information content (AvgIpc) is 3.52. The van der Waals surface area contributed by atoms with E-state index in [9.17, 15) is 22.5 Å². The summed E-state index contributed by atoms with van der Waals surface area (Å²) in [5, 5.41) is 4.00. The Labute approximate surface area is 325 Å². The Balaban J connectivity index is 1.48. The summed E-state index contributed by atoms with van der Waals surface area (Å²) in [5.74, 6) is -0.938. The highest BCUT2D eigenvalue weighted by Gasteiger charge is 2.51. The molecule has 1 aliphatic rings. The molecule has 7 nitrogen and oxygen atoms in total. The van der Waals surface area contributed by atoms with Crippen molar-refractivity contribution in [1.82, 2.24) is 19.6 Å². The number of amides is 1. The molecule has 0 saturated heterocycles. The van der Waals surface area contributed by atoms with Crippen molar-refractivity contribution in [3.8, 4) is 22.4 Å². The van der Waals surface area contributed by atoms with Crippen LogP contribution in [0.1, 0.15) is 75.6 Å². The monoisotopic (exact) mass is 784 g/mol. The van der Waals surface area contributed by atoms with Gasteiger partial charge in [-0.15, -0.1) is 4.31 Å². The van der Waals surface area contributed by atoms with Crippen LogP contribution >= 0.6 is 0 Å². The SMILES string of the molecule is CC(C)(C)[S+]([O-])N1Cc2cc(C(=O)NCC(F)(F)F)nc(-c3cccc(-c4cccnc4)c3)c2[C@H]1CCO[Si](c1ccccc1)(c1ccccc1)C(C)(C)C. The molecule has 3 aromatic carbocycles. The van der Waals surface area contributed by atoms with E-state index in [1.807, 2.05) is 103 Å². The number of rotatable bonds is 11. The Kier molecular flexibility index (Phi) is 11.8. The number of aromatic nitrogens is 2. The quantitative estimate of drug-likeness (QED) is 0.107. The molecule has 0 spiro atoms. The zero-order chi connectivity index (χ0) is 39.6. The van der Waals surface area contributed by atoms with Crippen LogP contribution in [0.15, 0.2) is 116 Å². The summed E-state index contributed by atoms with van der Waals surface area (Å²) in [4.78, 5) is 22.4. The Hall–Kier alpha value is -4.33. The molecule has 6 rings (SSSR count). The highest BCUT2D eigenvalue weighted by Crippen LogP contribution is 2.46. The van der Waals surface area contributed by atoms with Crippen LogP contribution < -0.4 is 15.7 Å². The summed E-state index contributed by atoms with van der Waals surface area (Å²) in [7, 11) is -2.93. The van der Waals surface area contributed by atoms with Gasteiger partial charge in [0.25, 0.3) is 14.2 Å². The molecule has 55 heavy (non-hydrogen) atoms. The van der Waals surface area contributed by atoms with Gasteiger partial charge in [0.15, 0.2) is 0 Å². The van der Waals surface area contributed by atoms with E-state index in [0.29, 0.717) is 29.8 Å². The predicted octanol–water partition coefficient (Wildman–Crippen LogP) is 8.39. The van der Waals surface area contributed by atoms with Gasteiger partial charge in [0.1, 0.15) is 17.0 Å². The van der Waals surface area contributed by atoms with E-state index in [1.54, 1.807) is 18.5 Å². The van der Waals surface area contributed by atoms with Crippen molar-refractivity contribution in [1.29, 1.82) is 0 Å². The molecule has 12 heteroatoms. The van der Waals surface area contributed by atoms with Gasteiger partial charge in [-0.2, -0.15) is 13.2 Å². The first-order valence-electron chi connectivity index (χ1n) is 18.3. The molecule has 0 fully saturated rings.